The Labute approximate surface area is 97.2 Å². The van der Waals surface area contributed by atoms with E-state index in [-0.39, 0.29) is 23.5 Å². The molecule has 1 atom stereocenters. The molecule has 1 aliphatic rings. The van der Waals surface area contributed by atoms with E-state index in [1.54, 1.807) is 20.8 Å². The molecule has 86 valence electrons. The van der Waals surface area contributed by atoms with E-state index in [0.29, 0.717) is 28.7 Å². The van der Waals surface area contributed by atoms with Crippen molar-refractivity contribution >= 4 is 26.3 Å². The maximum Gasteiger partial charge on any atom is 0.185 e. The molecule has 3 nitrogen and oxygen atoms in total. The molecule has 1 aliphatic carbocycles. The topological polar surface area (TPSA) is 51.2 Å². The van der Waals surface area contributed by atoms with Crippen molar-refractivity contribution in [1.29, 1.82) is 0 Å². The number of hydrogen-bond donors (Lipinski definition) is 0. The zero-order chi connectivity index (χ0) is 12.5. The molecule has 0 radical (unpaired) electrons. The lowest BCUT2D eigenvalue weighted by Gasteiger charge is -2.18. The van der Waals surface area contributed by atoms with Crippen LogP contribution in [0.2, 0.25) is 0 Å². The summed E-state index contributed by atoms with van der Waals surface area (Å²) in [6.07, 6.45) is 0.631. The van der Waals surface area contributed by atoms with E-state index < -0.39 is 0 Å². The van der Waals surface area contributed by atoms with Crippen molar-refractivity contribution in [3.05, 3.63) is 22.3 Å². The largest absolute Gasteiger partial charge is 0.295 e. The Balaban J connectivity index is 3.04. The number of ketones is 2. The van der Waals surface area contributed by atoms with E-state index in [2.05, 4.69) is 9.24 Å². The van der Waals surface area contributed by atoms with E-state index >= 15 is 0 Å². The van der Waals surface area contributed by atoms with Gasteiger partial charge in [-0.15, -0.1) is 0 Å². The van der Waals surface area contributed by atoms with E-state index in [4.69, 9.17) is 0 Å². The molecule has 4 heteroatoms. The molecule has 0 aliphatic heterocycles. The van der Waals surface area contributed by atoms with Crippen molar-refractivity contribution in [2.75, 3.05) is 0 Å². The highest BCUT2D eigenvalue weighted by molar-refractivity contribution is 7.40. The number of rotatable bonds is 3. The fourth-order valence-corrected chi connectivity index (χ4v) is 1.85. The maximum atomic E-state index is 11.9. The molecule has 0 aromatic heterocycles. The predicted molar refractivity (Wildman–Crippen MR) is 65.0 cm³/mol. The van der Waals surface area contributed by atoms with Crippen LogP contribution in [0.1, 0.15) is 33.6 Å². The Hall–Kier alpha value is -1.08. The summed E-state index contributed by atoms with van der Waals surface area (Å²) in [4.78, 5) is 34.6. The van der Waals surface area contributed by atoms with Crippen LogP contribution in [0.3, 0.4) is 0 Å². The summed E-state index contributed by atoms with van der Waals surface area (Å²) in [6, 6.07) is 0. The van der Waals surface area contributed by atoms with Gasteiger partial charge in [0.25, 0.3) is 0 Å². The van der Waals surface area contributed by atoms with Gasteiger partial charge >= 0.3 is 0 Å². The predicted octanol–water partition coefficient (Wildman–Crippen LogP) is 1.97. The molecule has 0 saturated heterocycles. The lowest BCUT2D eigenvalue weighted by Crippen LogP contribution is -2.20. The first kappa shape index (κ1) is 13.0. The molecule has 16 heavy (non-hydrogen) atoms. The van der Waals surface area contributed by atoms with Crippen LogP contribution in [0.25, 0.3) is 0 Å². The van der Waals surface area contributed by atoms with Crippen molar-refractivity contribution in [3.63, 3.8) is 0 Å². The summed E-state index contributed by atoms with van der Waals surface area (Å²) >= 11 is 0. The van der Waals surface area contributed by atoms with Gasteiger partial charge in [0.2, 0.25) is 0 Å². The SMILES string of the molecule is CC1=C(C)C(=O)C(CCC(=O)P)=C(C)C1=O. The van der Waals surface area contributed by atoms with Gasteiger partial charge in [-0.05, 0) is 27.2 Å². The van der Waals surface area contributed by atoms with Gasteiger partial charge in [0.15, 0.2) is 11.6 Å². The standard InChI is InChI=1S/C12H15O3P/c1-6-7(2)12(15)9(4-5-10(13)16)8(3)11(6)14/h4-5,16H2,1-3H3. The zero-order valence-corrected chi connectivity index (χ0v) is 10.9. The summed E-state index contributed by atoms with van der Waals surface area (Å²) in [5, 5.41) is 0. The molecule has 0 heterocycles. The lowest BCUT2D eigenvalue weighted by atomic mass is 9.84. The van der Waals surface area contributed by atoms with Gasteiger partial charge in [-0.1, -0.05) is 9.24 Å². The molecule has 0 fully saturated rings. The van der Waals surface area contributed by atoms with Crippen LogP contribution in [0.5, 0.6) is 0 Å². The number of allylic oxidation sites excluding steroid dienone is 4. The molecule has 0 saturated carbocycles. The van der Waals surface area contributed by atoms with Gasteiger partial charge in [0, 0.05) is 28.7 Å². The number of Topliss-reactive ketones (excluding diaryl/α,β-unsaturated/α-hetero) is 2. The van der Waals surface area contributed by atoms with Crippen molar-refractivity contribution in [1.82, 2.24) is 0 Å². The van der Waals surface area contributed by atoms with Crippen LogP contribution >= 0.6 is 9.24 Å². The first-order chi connectivity index (χ1) is 7.36. The molecule has 0 aromatic carbocycles. The molecular weight excluding hydrogens is 223 g/mol. The van der Waals surface area contributed by atoms with E-state index in [1.807, 2.05) is 0 Å². The van der Waals surface area contributed by atoms with Gasteiger partial charge in [-0.2, -0.15) is 0 Å². The van der Waals surface area contributed by atoms with Crippen molar-refractivity contribution in [2.24, 2.45) is 0 Å². The van der Waals surface area contributed by atoms with E-state index in [9.17, 15) is 14.4 Å². The van der Waals surface area contributed by atoms with Crippen molar-refractivity contribution in [3.8, 4) is 0 Å². The first-order valence-corrected chi connectivity index (χ1v) is 5.69. The molecule has 0 spiro atoms. The highest BCUT2D eigenvalue weighted by atomic mass is 31.0. The summed E-state index contributed by atoms with van der Waals surface area (Å²) in [5.41, 5.74) is 1.94. The van der Waals surface area contributed by atoms with E-state index in [0.717, 1.165) is 0 Å². The van der Waals surface area contributed by atoms with Crippen molar-refractivity contribution in [2.45, 2.75) is 33.6 Å². The van der Waals surface area contributed by atoms with Crippen LogP contribution in [0.15, 0.2) is 22.3 Å². The normalized spacial score (nSPS) is 17.2. The first-order valence-electron chi connectivity index (χ1n) is 5.11. The Morgan fingerprint density at radius 2 is 1.50 bits per heavy atom. The number of carbonyl (C=O) groups is 3. The molecule has 0 aromatic rings. The van der Waals surface area contributed by atoms with Crippen LogP contribution < -0.4 is 0 Å². The fraction of sp³-hybridized carbons (Fsp3) is 0.417. The Bertz CT molecular complexity index is 441. The fourth-order valence-electron chi connectivity index (χ4n) is 1.70. The molecule has 1 rings (SSSR count). The van der Waals surface area contributed by atoms with Gasteiger partial charge in [0.05, 0.1) is 0 Å². The maximum absolute atomic E-state index is 11.9. The molecular formula is C12H15O3P. The second kappa shape index (κ2) is 4.84. The highest BCUT2D eigenvalue weighted by Gasteiger charge is 2.27. The molecule has 0 N–H and O–H groups in total. The zero-order valence-electron chi connectivity index (χ0n) is 9.72. The monoisotopic (exact) mass is 238 g/mol. The minimum absolute atomic E-state index is 0.0514. The summed E-state index contributed by atoms with van der Waals surface area (Å²) < 4.78 is 0. The molecule has 0 bridgehead atoms. The second-order valence-corrected chi connectivity index (χ2v) is 4.62. The molecule has 1 unspecified atom stereocenters. The average Bonchev–Trinajstić information content (AvgIpc) is 2.23. The Kier molecular flexibility index (Phi) is 3.93. The Morgan fingerprint density at radius 3 is 2.00 bits per heavy atom. The highest BCUT2D eigenvalue weighted by Crippen LogP contribution is 2.27. The number of hydrogen-bond acceptors (Lipinski definition) is 3. The van der Waals surface area contributed by atoms with Crippen molar-refractivity contribution < 1.29 is 14.4 Å². The summed E-state index contributed by atoms with van der Waals surface area (Å²) in [7, 11) is 2.08. The smallest absolute Gasteiger partial charge is 0.185 e. The van der Waals surface area contributed by atoms with Crippen LogP contribution in [0.4, 0.5) is 0 Å². The second-order valence-electron chi connectivity index (χ2n) is 3.98. The van der Waals surface area contributed by atoms with Crippen LogP contribution in [0, 0.1) is 0 Å². The number of carbonyl (C=O) groups excluding carboxylic acids is 3. The average molecular weight is 238 g/mol. The quantitative estimate of drug-likeness (QED) is 0.558. The van der Waals surface area contributed by atoms with Gasteiger partial charge in [0.1, 0.15) is 5.52 Å². The van der Waals surface area contributed by atoms with Crippen LogP contribution in [-0.2, 0) is 14.4 Å². The van der Waals surface area contributed by atoms with Gasteiger partial charge in [-0.3, -0.25) is 14.4 Å². The minimum atomic E-state index is -0.0964. The van der Waals surface area contributed by atoms with E-state index in [1.165, 1.54) is 0 Å². The van der Waals surface area contributed by atoms with Crippen LogP contribution in [-0.4, -0.2) is 17.1 Å². The summed E-state index contributed by atoms with van der Waals surface area (Å²) in [5.74, 6) is -0.177. The van der Waals surface area contributed by atoms with Gasteiger partial charge in [-0.25, -0.2) is 0 Å². The third-order valence-electron chi connectivity index (χ3n) is 2.93. The summed E-state index contributed by atoms with van der Waals surface area (Å²) in [6.45, 7) is 4.97. The van der Waals surface area contributed by atoms with Gasteiger partial charge < -0.3 is 0 Å². The molecule has 0 amide bonds. The Morgan fingerprint density at radius 1 is 1.00 bits per heavy atom. The third kappa shape index (κ3) is 2.35. The third-order valence-corrected chi connectivity index (χ3v) is 3.22. The lowest BCUT2D eigenvalue weighted by molar-refractivity contribution is -0.116. The minimum Gasteiger partial charge on any atom is -0.295 e.